The standard InChI is InChI=1S/C17H24N6O/c1-13-19-15(9-17(20-13)22-5-7-24-8-6-22)16-3-4-23(16)11-14-10-18-12-21(14)2/h9-10,12,16H,3-8,11H2,1-2H3/t16-/m1/s1. The highest BCUT2D eigenvalue weighted by molar-refractivity contribution is 5.41. The van der Waals surface area contributed by atoms with Gasteiger partial charge in [-0.2, -0.15) is 0 Å². The first-order valence-corrected chi connectivity index (χ1v) is 8.58. The van der Waals surface area contributed by atoms with Crippen molar-refractivity contribution in [3.05, 3.63) is 35.8 Å². The number of anilines is 1. The zero-order valence-electron chi connectivity index (χ0n) is 14.4. The average molecular weight is 328 g/mol. The molecule has 2 aromatic heterocycles. The van der Waals surface area contributed by atoms with Crippen LogP contribution < -0.4 is 4.90 Å². The molecule has 2 aliphatic rings. The average Bonchev–Trinajstić information content (AvgIpc) is 2.97. The molecule has 2 aliphatic heterocycles. The molecule has 0 unspecified atom stereocenters. The maximum Gasteiger partial charge on any atom is 0.132 e. The molecule has 0 radical (unpaired) electrons. The summed E-state index contributed by atoms with van der Waals surface area (Å²) in [5, 5.41) is 0. The van der Waals surface area contributed by atoms with Crippen LogP contribution in [0, 0.1) is 6.92 Å². The first-order valence-electron chi connectivity index (χ1n) is 8.58. The van der Waals surface area contributed by atoms with Crippen molar-refractivity contribution in [2.75, 3.05) is 37.7 Å². The first kappa shape index (κ1) is 15.5. The molecule has 0 amide bonds. The van der Waals surface area contributed by atoms with Crippen LogP contribution in [0.4, 0.5) is 5.82 Å². The number of rotatable bonds is 4. The molecule has 0 aromatic carbocycles. The van der Waals surface area contributed by atoms with E-state index < -0.39 is 0 Å². The lowest BCUT2D eigenvalue weighted by molar-refractivity contribution is 0.0760. The van der Waals surface area contributed by atoms with Gasteiger partial charge in [0.2, 0.25) is 0 Å². The van der Waals surface area contributed by atoms with Crippen molar-refractivity contribution in [3.63, 3.8) is 0 Å². The smallest absolute Gasteiger partial charge is 0.132 e. The second kappa shape index (κ2) is 6.49. The molecule has 7 heteroatoms. The number of hydrogen-bond donors (Lipinski definition) is 0. The van der Waals surface area contributed by atoms with Crippen LogP contribution in [0.1, 0.15) is 29.7 Å². The highest BCUT2D eigenvalue weighted by Gasteiger charge is 2.32. The lowest BCUT2D eigenvalue weighted by atomic mass is 9.98. The third-order valence-corrected chi connectivity index (χ3v) is 4.93. The first-order chi connectivity index (χ1) is 11.7. The van der Waals surface area contributed by atoms with Crippen LogP contribution in [-0.4, -0.2) is 57.3 Å². The summed E-state index contributed by atoms with van der Waals surface area (Å²) in [6.45, 7) is 7.35. The number of imidazole rings is 1. The molecular weight excluding hydrogens is 304 g/mol. The zero-order chi connectivity index (χ0) is 16.5. The number of aromatic nitrogens is 4. The summed E-state index contributed by atoms with van der Waals surface area (Å²) in [5.41, 5.74) is 2.37. The largest absolute Gasteiger partial charge is 0.378 e. The van der Waals surface area contributed by atoms with Gasteiger partial charge in [0.25, 0.3) is 0 Å². The molecule has 2 fully saturated rings. The molecule has 128 valence electrons. The van der Waals surface area contributed by atoms with E-state index in [2.05, 4.69) is 30.4 Å². The summed E-state index contributed by atoms with van der Waals surface area (Å²) in [7, 11) is 2.04. The van der Waals surface area contributed by atoms with Gasteiger partial charge in [-0.1, -0.05) is 0 Å². The molecule has 24 heavy (non-hydrogen) atoms. The van der Waals surface area contributed by atoms with Crippen LogP contribution in [0.3, 0.4) is 0 Å². The molecule has 0 N–H and O–H groups in total. The van der Waals surface area contributed by atoms with Crippen molar-refractivity contribution in [2.45, 2.75) is 25.9 Å². The van der Waals surface area contributed by atoms with Gasteiger partial charge in [0.15, 0.2) is 0 Å². The van der Waals surface area contributed by atoms with Gasteiger partial charge in [-0.15, -0.1) is 0 Å². The van der Waals surface area contributed by atoms with Crippen molar-refractivity contribution in [2.24, 2.45) is 7.05 Å². The Morgan fingerprint density at radius 2 is 2.04 bits per heavy atom. The summed E-state index contributed by atoms with van der Waals surface area (Å²) in [6, 6.07) is 2.54. The topological polar surface area (TPSA) is 59.3 Å². The Morgan fingerprint density at radius 1 is 1.21 bits per heavy atom. The van der Waals surface area contributed by atoms with Crippen molar-refractivity contribution in [3.8, 4) is 0 Å². The van der Waals surface area contributed by atoms with E-state index in [1.165, 1.54) is 5.69 Å². The molecule has 0 bridgehead atoms. The summed E-state index contributed by atoms with van der Waals surface area (Å²) >= 11 is 0. The van der Waals surface area contributed by atoms with E-state index in [-0.39, 0.29) is 0 Å². The molecule has 0 aliphatic carbocycles. The third-order valence-electron chi connectivity index (χ3n) is 4.93. The summed E-state index contributed by atoms with van der Waals surface area (Å²) < 4.78 is 7.53. The Morgan fingerprint density at radius 3 is 2.71 bits per heavy atom. The Labute approximate surface area is 142 Å². The monoisotopic (exact) mass is 328 g/mol. The van der Waals surface area contributed by atoms with E-state index in [9.17, 15) is 0 Å². The zero-order valence-corrected chi connectivity index (χ0v) is 14.4. The van der Waals surface area contributed by atoms with Crippen LogP contribution in [0.15, 0.2) is 18.6 Å². The SMILES string of the molecule is Cc1nc([C@H]2CCN2Cc2cncn2C)cc(N2CCOCC2)n1. The van der Waals surface area contributed by atoms with Gasteiger partial charge in [-0.25, -0.2) is 15.0 Å². The normalized spacial score (nSPS) is 21.8. The minimum Gasteiger partial charge on any atom is -0.378 e. The van der Waals surface area contributed by atoms with Gasteiger partial charge in [-0.3, -0.25) is 4.90 Å². The van der Waals surface area contributed by atoms with E-state index >= 15 is 0 Å². The van der Waals surface area contributed by atoms with Crippen molar-refractivity contribution in [1.29, 1.82) is 0 Å². The van der Waals surface area contributed by atoms with Gasteiger partial charge < -0.3 is 14.2 Å². The predicted molar refractivity (Wildman–Crippen MR) is 90.8 cm³/mol. The minimum absolute atomic E-state index is 0.376. The Kier molecular flexibility index (Phi) is 4.20. The molecule has 2 aromatic rings. The minimum atomic E-state index is 0.376. The Balaban J connectivity index is 1.53. The van der Waals surface area contributed by atoms with Crippen LogP contribution >= 0.6 is 0 Å². The number of hydrogen-bond acceptors (Lipinski definition) is 6. The summed E-state index contributed by atoms with van der Waals surface area (Å²) in [6.07, 6.45) is 4.95. The number of morpholine rings is 1. The third kappa shape index (κ3) is 3.01. The van der Waals surface area contributed by atoms with Crippen LogP contribution in [0.5, 0.6) is 0 Å². The lowest BCUT2D eigenvalue weighted by Gasteiger charge is -2.41. The van der Waals surface area contributed by atoms with Gasteiger partial charge >= 0.3 is 0 Å². The maximum absolute atomic E-state index is 5.45. The fourth-order valence-corrected chi connectivity index (χ4v) is 3.41. The van der Waals surface area contributed by atoms with Gasteiger partial charge in [0, 0.05) is 45.5 Å². The molecule has 1 atom stereocenters. The van der Waals surface area contributed by atoms with Gasteiger partial charge in [0.05, 0.1) is 37.0 Å². The molecule has 4 rings (SSSR count). The molecule has 0 spiro atoms. The van der Waals surface area contributed by atoms with E-state index in [0.29, 0.717) is 6.04 Å². The predicted octanol–water partition coefficient (Wildman–Crippen LogP) is 1.30. The van der Waals surface area contributed by atoms with Crippen LogP contribution in [0.25, 0.3) is 0 Å². The second-order valence-corrected chi connectivity index (χ2v) is 6.57. The highest BCUT2D eigenvalue weighted by atomic mass is 16.5. The van der Waals surface area contributed by atoms with E-state index in [4.69, 9.17) is 9.72 Å². The van der Waals surface area contributed by atoms with E-state index in [0.717, 1.165) is 63.1 Å². The number of aryl methyl sites for hydroxylation is 2. The number of ether oxygens (including phenoxy) is 1. The Hall–Kier alpha value is -1.99. The lowest BCUT2D eigenvalue weighted by Crippen LogP contribution is -2.41. The highest BCUT2D eigenvalue weighted by Crippen LogP contribution is 2.34. The second-order valence-electron chi connectivity index (χ2n) is 6.57. The van der Waals surface area contributed by atoms with Crippen molar-refractivity contribution < 1.29 is 4.74 Å². The summed E-state index contributed by atoms with van der Waals surface area (Å²) in [5.74, 6) is 1.88. The fourth-order valence-electron chi connectivity index (χ4n) is 3.41. The quantitative estimate of drug-likeness (QED) is 0.843. The molecule has 2 saturated heterocycles. The number of nitrogens with zero attached hydrogens (tertiary/aromatic N) is 6. The molecular formula is C17H24N6O. The van der Waals surface area contributed by atoms with Crippen molar-refractivity contribution in [1.82, 2.24) is 24.4 Å². The maximum atomic E-state index is 5.45. The molecule has 7 nitrogen and oxygen atoms in total. The number of likely N-dealkylation sites (tertiary alicyclic amines) is 1. The van der Waals surface area contributed by atoms with Gasteiger partial charge in [0.1, 0.15) is 11.6 Å². The molecule has 4 heterocycles. The summed E-state index contributed by atoms with van der Waals surface area (Å²) in [4.78, 5) is 18.3. The van der Waals surface area contributed by atoms with Crippen LogP contribution in [-0.2, 0) is 18.3 Å². The van der Waals surface area contributed by atoms with Crippen molar-refractivity contribution >= 4 is 5.82 Å². The van der Waals surface area contributed by atoms with Gasteiger partial charge in [-0.05, 0) is 13.3 Å². The van der Waals surface area contributed by atoms with E-state index in [1.54, 1.807) is 0 Å². The molecule has 0 saturated carbocycles. The van der Waals surface area contributed by atoms with E-state index in [1.807, 2.05) is 26.5 Å². The fraction of sp³-hybridized carbons (Fsp3) is 0.588. The Bertz CT molecular complexity index is 709. The van der Waals surface area contributed by atoms with Crippen LogP contribution in [0.2, 0.25) is 0 Å².